The predicted molar refractivity (Wildman–Crippen MR) is 97.6 cm³/mol. The smallest absolute Gasteiger partial charge is 0.134 e. The molecule has 0 amide bonds. The van der Waals surface area contributed by atoms with E-state index in [2.05, 4.69) is 52.0 Å². The van der Waals surface area contributed by atoms with Crippen LogP contribution in [0.15, 0.2) is 24.3 Å². The van der Waals surface area contributed by atoms with Crippen molar-refractivity contribution in [1.29, 1.82) is 0 Å². The number of methoxy groups -OCH3 is 1. The largest absolute Gasteiger partial charge is 0.497 e. The van der Waals surface area contributed by atoms with Crippen molar-refractivity contribution in [3.05, 3.63) is 39.8 Å². The molecule has 0 aliphatic carbocycles. The maximum absolute atomic E-state index is 5.35. The third-order valence-electron chi connectivity index (χ3n) is 4.92. The summed E-state index contributed by atoms with van der Waals surface area (Å²) in [5.74, 6) is 0.929. The van der Waals surface area contributed by atoms with Crippen LogP contribution in [0.4, 0.5) is 0 Å². The topological polar surface area (TPSA) is 41.5 Å². The molecule has 1 saturated heterocycles. The number of hydrogen-bond acceptors (Lipinski definition) is 6. The number of nitrogens with zero attached hydrogens (tertiary/aromatic N) is 4. The Balaban J connectivity index is 1.60. The van der Waals surface area contributed by atoms with Gasteiger partial charge in [-0.05, 0) is 38.5 Å². The quantitative estimate of drug-likeness (QED) is 0.831. The molecule has 24 heavy (non-hydrogen) atoms. The zero-order chi connectivity index (χ0) is 17.1. The Morgan fingerprint density at radius 1 is 1.04 bits per heavy atom. The summed E-state index contributed by atoms with van der Waals surface area (Å²) in [6.07, 6.45) is 0. The first-order chi connectivity index (χ1) is 11.6. The molecule has 1 aromatic carbocycles. The van der Waals surface area contributed by atoms with E-state index in [-0.39, 0.29) is 0 Å². The first kappa shape index (κ1) is 17.3. The third kappa shape index (κ3) is 3.77. The van der Waals surface area contributed by atoms with Gasteiger partial charge < -0.3 is 4.74 Å². The Bertz CT molecular complexity index is 667. The van der Waals surface area contributed by atoms with E-state index in [1.165, 1.54) is 5.56 Å². The normalized spacial score (nSPS) is 19.2. The van der Waals surface area contributed by atoms with Crippen LogP contribution in [-0.2, 0) is 0 Å². The molecule has 5 nitrogen and oxygen atoms in total. The number of hydrogen-bond donors (Lipinski definition) is 0. The summed E-state index contributed by atoms with van der Waals surface area (Å²) in [4.78, 5) is 5.05. The van der Waals surface area contributed by atoms with E-state index < -0.39 is 0 Å². The van der Waals surface area contributed by atoms with Gasteiger partial charge in [0.05, 0.1) is 13.2 Å². The van der Waals surface area contributed by atoms with Gasteiger partial charge in [0, 0.05) is 32.2 Å². The van der Waals surface area contributed by atoms with Gasteiger partial charge in [-0.2, -0.15) is 0 Å². The zero-order valence-electron chi connectivity index (χ0n) is 14.9. The fraction of sp³-hybridized carbons (Fsp3) is 0.556. The van der Waals surface area contributed by atoms with Crippen molar-refractivity contribution in [3.8, 4) is 5.75 Å². The van der Waals surface area contributed by atoms with E-state index in [4.69, 9.17) is 4.74 Å². The predicted octanol–water partition coefficient (Wildman–Crippen LogP) is 3.29. The van der Waals surface area contributed by atoms with Crippen molar-refractivity contribution in [1.82, 2.24) is 20.0 Å². The molecule has 3 rings (SSSR count). The minimum Gasteiger partial charge on any atom is -0.497 e. The average molecular weight is 347 g/mol. The lowest BCUT2D eigenvalue weighted by atomic mass is 10.1. The summed E-state index contributed by atoms with van der Waals surface area (Å²) in [6, 6.07) is 9.16. The summed E-state index contributed by atoms with van der Waals surface area (Å²) >= 11 is 1.71. The van der Waals surface area contributed by atoms with Gasteiger partial charge in [-0.1, -0.05) is 12.1 Å². The van der Waals surface area contributed by atoms with Crippen LogP contribution in [0.3, 0.4) is 0 Å². The molecular weight excluding hydrogens is 320 g/mol. The maximum Gasteiger partial charge on any atom is 0.134 e. The first-order valence-electron chi connectivity index (χ1n) is 8.50. The maximum atomic E-state index is 5.35. The molecule has 0 saturated carbocycles. The second kappa shape index (κ2) is 7.59. The molecule has 0 unspecified atom stereocenters. The molecule has 2 atom stereocenters. The lowest BCUT2D eigenvalue weighted by Crippen LogP contribution is -2.47. The van der Waals surface area contributed by atoms with Crippen molar-refractivity contribution in [3.63, 3.8) is 0 Å². The summed E-state index contributed by atoms with van der Waals surface area (Å²) in [5, 5.41) is 10.6. The SMILES string of the molecule is COc1cccc([C@@H](C)N2CCN([C@H](C)c3nnc(C)s3)CC2)c1. The minimum atomic E-state index is 0.352. The second-order valence-electron chi connectivity index (χ2n) is 6.36. The minimum absolute atomic E-state index is 0.352. The van der Waals surface area contributed by atoms with Crippen LogP contribution in [0.1, 0.15) is 41.5 Å². The molecule has 0 bridgehead atoms. The van der Waals surface area contributed by atoms with Crippen LogP contribution in [0, 0.1) is 6.92 Å². The molecule has 6 heteroatoms. The highest BCUT2D eigenvalue weighted by molar-refractivity contribution is 7.11. The number of rotatable bonds is 5. The summed E-state index contributed by atoms with van der Waals surface area (Å²) in [5.41, 5.74) is 1.32. The van der Waals surface area contributed by atoms with Crippen LogP contribution in [-0.4, -0.2) is 53.3 Å². The second-order valence-corrected chi connectivity index (χ2v) is 7.57. The third-order valence-corrected chi connectivity index (χ3v) is 5.93. The van der Waals surface area contributed by atoms with E-state index in [9.17, 15) is 0 Å². The van der Waals surface area contributed by atoms with Gasteiger partial charge in [0.15, 0.2) is 0 Å². The van der Waals surface area contributed by atoms with E-state index >= 15 is 0 Å². The van der Waals surface area contributed by atoms with E-state index in [0.29, 0.717) is 12.1 Å². The molecule has 1 fully saturated rings. The van der Waals surface area contributed by atoms with Gasteiger partial charge >= 0.3 is 0 Å². The average Bonchev–Trinajstić information content (AvgIpc) is 3.07. The van der Waals surface area contributed by atoms with E-state index in [1.54, 1.807) is 18.4 Å². The molecule has 0 N–H and O–H groups in total. The van der Waals surface area contributed by atoms with Crippen LogP contribution in [0.25, 0.3) is 0 Å². The number of aromatic nitrogens is 2. The fourth-order valence-corrected chi connectivity index (χ4v) is 4.05. The number of benzene rings is 1. The summed E-state index contributed by atoms with van der Waals surface area (Å²) in [6.45, 7) is 10.8. The Kier molecular flexibility index (Phi) is 5.48. The standard InChI is InChI=1S/C18H26N4OS/c1-13(16-6-5-7-17(12-16)23-4)21-8-10-22(11-9-21)14(2)18-20-19-15(3)24-18/h5-7,12-14H,8-11H2,1-4H3/t13-,14-/m1/s1. The van der Waals surface area contributed by atoms with Crippen LogP contribution in [0.2, 0.25) is 0 Å². The number of aryl methyl sites for hydroxylation is 1. The van der Waals surface area contributed by atoms with E-state index in [0.717, 1.165) is 41.9 Å². The summed E-state index contributed by atoms with van der Waals surface area (Å²) in [7, 11) is 1.72. The lowest BCUT2D eigenvalue weighted by Gasteiger charge is -2.40. The molecule has 2 aromatic rings. The van der Waals surface area contributed by atoms with Gasteiger partial charge in [-0.25, -0.2) is 0 Å². The van der Waals surface area contributed by atoms with Crippen molar-refractivity contribution in [2.45, 2.75) is 32.9 Å². The van der Waals surface area contributed by atoms with Crippen molar-refractivity contribution < 1.29 is 4.74 Å². The van der Waals surface area contributed by atoms with Gasteiger partial charge in [-0.15, -0.1) is 21.5 Å². The van der Waals surface area contributed by atoms with Crippen LogP contribution in [0.5, 0.6) is 5.75 Å². The van der Waals surface area contributed by atoms with Gasteiger partial charge in [-0.3, -0.25) is 9.80 Å². The Morgan fingerprint density at radius 3 is 2.29 bits per heavy atom. The Morgan fingerprint density at radius 2 is 1.71 bits per heavy atom. The van der Waals surface area contributed by atoms with Crippen molar-refractivity contribution >= 4 is 11.3 Å². The fourth-order valence-electron chi connectivity index (χ4n) is 3.26. The highest BCUT2D eigenvalue weighted by atomic mass is 32.1. The molecule has 1 aliphatic heterocycles. The zero-order valence-corrected chi connectivity index (χ0v) is 15.7. The first-order valence-corrected chi connectivity index (χ1v) is 9.32. The number of piperazine rings is 1. The van der Waals surface area contributed by atoms with Gasteiger partial charge in [0.2, 0.25) is 0 Å². The monoisotopic (exact) mass is 346 g/mol. The van der Waals surface area contributed by atoms with Gasteiger partial charge in [0.1, 0.15) is 15.8 Å². The molecular formula is C18H26N4OS. The molecule has 0 spiro atoms. The van der Waals surface area contributed by atoms with Gasteiger partial charge in [0.25, 0.3) is 0 Å². The Labute approximate surface area is 148 Å². The van der Waals surface area contributed by atoms with Crippen molar-refractivity contribution in [2.75, 3.05) is 33.3 Å². The highest BCUT2D eigenvalue weighted by Gasteiger charge is 2.26. The molecule has 130 valence electrons. The molecule has 2 heterocycles. The number of ether oxygens (including phenoxy) is 1. The summed E-state index contributed by atoms with van der Waals surface area (Å²) < 4.78 is 5.35. The molecule has 1 aliphatic rings. The van der Waals surface area contributed by atoms with Crippen LogP contribution < -0.4 is 4.74 Å². The molecule has 0 radical (unpaired) electrons. The molecule has 1 aromatic heterocycles. The van der Waals surface area contributed by atoms with Crippen LogP contribution >= 0.6 is 11.3 Å². The van der Waals surface area contributed by atoms with Crippen molar-refractivity contribution in [2.24, 2.45) is 0 Å². The highest BCUT2D eigenvalue weighted by Crippen LogP contribution is 2.28. The van der Waals surface area contributed by atoms with E-state index in [1.807, 2.05) is 13.0 Å². The Hall–Kier alpha value is -1.50. The lowest BCUT2D eigenvalue weighted by molar-refractivity contribution is 0.0779.